The second kappa shape index (κ2) is 22.9. The molecule has 0 aromatic carbocycles. The SMILES string of the molecule is CCCCCCCCC(CCCCCCCC)(CCCCCCCC)N(C)C.Cl. The summed E-state index contributed by atoms with van der Waals surface area (Å²) in [5, 5.41) is 0. The van der Waals surface area contributed by atoms with Gasteiger partial charge in [0.25, 0.3) is 0 Å². The summed E-state index contributed by atoms with van der Waals surface area (Å²) < 4.78 is 0. The average molecular weight is 432 g/mol. The lowest BCUT2D eigenvalue weighted by atomic mass is 9.80. The zero-order chi connectivity index (χ0) is 20.9. The second-order valence-corrected chi connectivity index (χ2v) is 9.67. The Kier molecular flexibility index (Phi) is 24.9. The molecule has 1 nitrogen and oxygen atoms in total. The molecule has 0 bridgehead atoms. The fourth-order valence-corrected chi connectivity index (χ4v) is 4.75. The highest BCUT2D eigenvalue weighted by atomic mass is 35.5. The summed E-state index contributed by atoms with van der Waals surface area (Å²) in [6.07, 6.45) is 30.0. The van der Waals surface area contributed by atoms with Gasteiger partial charge in [0.1, 0.15) is 0 Å². The van der Waals surface area contributed by atoms with Gasteiger partial charge in [-0.3, -0.25) is 0 Å². The van der Waals surface area contributed by atoms with Gasteiger partial charge < -0.3 is 4.90 Å². The van der Waals surface area contributed by atoms with Crippen LogP contribution in [0.3, 0.4) is 0 Å². The molecule has 0 rings (SSSR count). The molecule has 29 heavy (non-hydrogen) atoms. The van der Waals surface area contributed by atoms with Crippen LogP contribution < -0.4 is 0 Å². The normalized spacial score (nSPS) is 11.8. The summed E-state index contributed by atoms with van der Waals surface area (Å²) in [7, 11) is 4.73. The summed E-state index contributed by atoms with van der Waals surface area (Å²) >= 11 is 0. The van der Waals surface area contributed by atoms with E-state index in [9.17, 15) is 0 Å². The van der Waals surface area contributed by atoms with E-state index in [4.69, 9.17) is 0 Å². The van der Waals surface area contributed by atoms with Crippen molar-refractivity contribution >= 4 is 12.4 Å². The molecule has 178 valence electrons. The van der Waals surface area contributed by atoms with Gasteiger partial charge in [0.05, 0.1) is 0 Å². The number of halogens is 1. The van der Waals surface area contributed by atoms with Crippen LogP contribution >= 0.6 is 12.4 Å². The van der Waals surface area contributed by atoms with Gasteiger partial charge in [0, 0.05) is 5.54 Å². The summed E-state index contributed by atoms with van der Waals surface area (Å²) in [4.78, 5) is 2.62. The summed E-state index contributed by atoms with van der Waals surface area (Å²) in [5.41, 5.74) is 0.472. The highest BCUT2D eigenvalue weighted by Crippen LogP contribution is 2.33. The molecule has 2 heteroatoms. The summed E-state index contributed by atoms with van der Waals surface area (Å²) in [6, 6.07) is 0. The van der Waals surface area contributed by atoms with E-state index in [0.29, 0.717) is 5.54 Å². The van der Waals surface area contributed by atoms with Gasteiger partial charge in [-0.15, -0.1) is 12.4 Å². The Hall–Kier alpha value is 0.250. The van der Waals surface area contributed by atoms with Crippen LogP contribution in [0.1, 0.15) is 156 Å². The number of unbranched alkanes of at least 4 members (excludes halogenated alkanes) is 15. The van der Waals surface area contributed by atoms with Crippen LogP contribution in [0.25, 0.3) is 0 Å². The van der Waals surface area contributed by atoms with Crippen LogP contribution in [0.15, 0.2) is 0 Å². The quantitative estimate of drug-likeness (QED) is 0.154. The standard InChI is InChI=1S/C27H57N.ClH/c1-6-9-12-15-18-21-24-27(28(4)5,25-22-19-16-13-10-7-2)26-23-20-17-14-11-8-3;/h6-26H2,1-5H3;1H. The van der Waals surface area contributed by atoms with Crippen LogP contribution in [-0.2, 0) is 0 Å². The number of rotatable bonds is 22. The fourth-order valence-electron chi connectivity index (χ4n) is 4.75. The molecule has 0 aliphatic rings. The van der Waals surface area contributed by atoms with Crippen molar-refractivity contribution in [2.75, 3.05) is 14.1 Å². The van der Waals surface area contributed by atoms with Gasteiger partial charge in [0.2, 0.25) is 0 Å². The number of nitrogens with zero attached hydrogens (tertiary/aromatic N) is 1. The third kappa shape index (κ3) is 17.6. The monoisotopic (exact) mass is 431 g/mol. The molecule has 0 spiro atoms. The molecule has 0 aliphatic carbocycles. The first-order valence-electron chi connectivity index (χ1n) is 13.3. The molecule has 0 aromatic heterocycles. The maximum absolute atomic E-state index is 2.62. The van der Waals surface area contributed by atoms with Crippen molar-refractivity contribution < 1.29 is 0 Å². The van der Waals surface area contributed by atoms with Crippen LogP contribution in [-0.4, -0.2) is 24.5 Å². The van der Waals surface area contributed by atoms with Crippen molar-refractivity contribution in [2.24, 2.45) is 0 Å². The lowest BCUT2D eigenvalue weighted by molar-refractivity contribution is 0.104. The van der Waals surface area contributed by atoms with Crippen molar-refractivity contribution in [1.82, 2.24) is 4.90 Å². The molecule has 0 amide bonds. The Balaban J connectivity index is 0. The van der Waals surface area contributed by atoms with Crippen molar-refractivity contribution in [3.63, 3.8) is 0 Å². The summed E-state index contributed by atoms with van der Waals surface area (Å²) in [6.45, 7) is 6.95. The largest absolute Gasteiger partial charge is 0.304 e. The average Bonchev–Trinajstić information content (AvgIpc) is 2.69. The van der Waals surface area contributed by atoms with E-state index in [1.807, 2.05) is 0 Å². The predicted octanol–water partition coefficient (Wildman–Crippen LogP) is 9.96. The first-order valence-corrected chi connectivity index (χ1v) is 13.3. The molecular formula is C27H58ClN. The highest BCUT2D eigenvalue weighted by molar-refractivity contribution is 5.85. The van der Waals surface area contributed by atoms with Crippen molar-refractivity contribution in [3.05, 3.63) is 0 Å². The van der Waals surface area contributed by atoms with E-state index in [0.717, 1.165) is 0 Å². The second-order valence-electron chi connectivity index (χ2n) is 9.67. The molecule has 0 fully saturated rings. The van der Waals surface area contributed by atoms with Crippen LogP contribution in [0.4, 0.5) is 0 Å². The van der Waals surface area contributed by atoms with Crippen LogP contribution in [0.2, 0.25) is 0 Å². The van der Waals surface area contributed by atoms with E-state index < -0.39 is 0 Å². The molecule has 0 unspecified atom stereocenters. The van der Waals surface area contributed by atoms with Gasteiger partial charge in [-0.25, -0.2) is 0 Å². The first-order chi connectivity index (χ1) is 13.6. The Morgan fingerprint density at radius 2 is 0.655 bits per heavy atom. The Bertz CT molecular complexity index is 262. The fraction of sp³-hybridized carbons (Fsp3) is 1.00. The van der Waals surface area contributed by atoms with Gasteiger partial charge in [-0.2, -0.15) is 0 Å². The third-order valence-corrected chi connectivity index (χ3v) is 6.94. The van der Waals surface area contributed by atoms with Gasteiger partial charge >= 0.3 is 0 Å². The van der Waals surface area contributed by atoms with Gasteiger partial charge in [0.15, 0.2) is 0 Å². The Labute approximate surface area is 192 Å². The van der Waals surface area contributed by atoms with Crippen molar-refractivity contribution in [1.29, 1.82) is 0 Å². The minimum atomic E-state index is 0. The third-order valence-electron chi connectivity index (χ3n) is 6.94. The molecule has 0 heterocycles. The summed E-state index contributed by atoms with van der Waals surface area (Å²) in [5.74, 6) is 0. The van der Waals surface area contributed by atoms with Crippen LogP contribution in [0.5, 0.6) is 0 Å². The van der Waals surface area contributed by atoms with Gasteiger partial charge in [-0.05, 0) is 33.4 Å². The number of hydrogen-bond donors (Lipinski definition) is 0. The van der Waals surface area contributed by atoms with E-state index in [2.05, 4.69) is 39.8 Å². The van der Waals surface area contributed by atoms with Crippen LogP contribution in [0, 0.1) is 0 Å². The molecule has 0 saturated heterocycles. The first kappa shape index (κ1) is 31.4. The molecule has 0 saturated carbocycles. The highest BCUT2D eigenvalue weighted by Gasteiger charge is 2.30. The lowest BCUT2D eigenvalue weighted by Crippen LogP contribution is -2.44. The minimum absolute atomic E-state index is 0. The van der Waals surface area contributed by atoms with Crippen molar-refractivity contribution in [2.45, 2.75) is 161 Å². The van der Waals surface area contributed by atoms with Crippen molar-refractivity contribution in [3.8, 4) is 0 Å². The predicted molar refractivity (Wildman–Crippen MR) is 138 cm³/mol. The lowest BCUT2D eigenvalue weighted by Gasteiger charge is -2.41. The van der Waals surface area contributed by atoms with Gasteiger partial charge in [-0.1, -0.05) is 136 Å². The zero-order valence-corrected chi connectivity index (χ0v) is 22.0. The van der Waals surface area contributed by atoms with E-state index in [1.165, 1.54) is 135 Å². The molecule has 0 radical (unpaired) electrons. The molecular weight excluding hydrogens is 374 g/mol. The minimum Gasteiger partial charge on any atom is -0.304 e. The maximum atomic E-state index is 2.62. The molecule has 0 atom stereocenters. The van der Waals surface area contributed by atoms with E-state index >= 15 is 0 Å². The Morgan fingerprint density at radius 1 is 0.414 bits per heavy atom. The molecule has 0 aromatic rings. The Morgan fingerprint density at radius 3 is 0.897 bits per heavy atom. The molecule has 0 aliphatic heterocycles. The van der Waals surface area contributed by atoms with E-state index in [1.54, 1.807) is 0 Å². The number of hydrogen-bond acceptors (Lipinski definition) is 1. The molecule has 0 N–H and O–H groups in total. The smallest absolute Gasteiger partial charge is 0.0203 e. The van der Waals surface area contributed by atoms with E-state index in [-0.39, 0.29) is 12.4 Å². The maximum Gasteiger partial charge on any atom is 0.0203 e. The zero-order valence-electron chi connectivity index (χ0n) is 21.2. The topological polar surface area (TPSA) is 3.24 Å².